The van der Waals surface area contributed by atoms with Crippen LogP contribution in [0, 0.1) is 5.41 Å². The van der Waals surface area contributed by atoms with Crippen molar-refractivity contribution in [1.82, 2.24) is 29.9 Å². The number of anilines is 4. The molecule has 0 aromatic carbocycles. The van der Waals surface area contributed by atoms with Gasteiger partial charge in [0.1, 0.15) is 11.6 Å². The number of nitrogen functional groups attached to an aromatic ring is 4. The molecular formula is C15H22N10O4. The van der Waals surface area contributed by atoms with Crippen LogP contribution >= 0.6 is 0 Å². The van der Waals surface area contributed by atoms with E-state index in [1.807, 2.05) is 0 Å². The second-order valence-corrected chi connectivity index (χ2v) is 6.04. The van der Waals surface area contributed by atoms with E-state index < -0.39 is 17.4 Å². The summed E-state index contributed by atoms with van der Waals surface area (Å²) in [6.07, 6.45) is -0.382. The van der Waals surface area contributed by atoms with Gasteiger partial charge in [0.05, 0.1) is 6.61 Å². The summed E-state index contributed by atoms with van der Waals surface area (Å²) in [7, 11) is 0. The third kappa shape index (κ3) is 5.33. The molecule has 2 aromatic heterocycles. The number of hydrogen-bond acceptors (Lipinski definition) is 13. The van der Waals surface area contributed by atoms with Crippen molar-refractivity contribution in [2.75, 3.05) is 29.5 Å². The summed E-state index contributed by atoms with van der Waals surface area (Å²) in [6, 6.07) is 0. The molecule has 14 nitrogen and oxygen atoms in total. The largest absolute Gasteiger partial charge is 0.480 e. The summed E-state index contributed by atoms with van der Waals surface area (Å²) in [6.45, 7) is 1.58. The van der Waals surface area contributed by atoms with Crippen LogP contribution in [0.2, 0.25) is 0 Å². The minimum atomic E-state index is -1.91. The molecule has 9 N–H and O–H groups in total. The SMILES string of the molecule is CCOC(=O)C(CCc1nc(N)nc(N)n1)(CCc1nc(N)nc(N)n1)C(=O)O. The van der Waals surface area contributed by atoms with Crippen LogP contribution in [-0.4, -0.2) is 53.6 Å². The first-order valence-electron chi connectivity index (χ1n) is 8.58. The van der Waals surface area contributed by atoms with E-state index in [-0.39, 0.29) is 67.7 Å². The van der Waals surface area contributed by atoms with Crippen molar-refractivity contribution in [3.8, 4) is 0 Å². The molecule has 0 aliphatic carbocycles. The summed E-state index contributed by atoms with van der Waals surface area (Å²) in [5, 5.41) is 9.89. The zero-order valence-electron chi connectivity index (χ0n) is 15.7. The first-order valence-corrected chi connectivity index (χ1v) is 8.58. The van der Waals surface area contributed by atoms with Gasteiger partial charge < -0.3 is 32.8 Å². The number of esters is 1. The molecule has 0 aliphatic heterocycles. The lowest BCUT2D eigenvalue weighted by Crippen LogP contribution is -2.42. The normalized spacial score (nSPS) is 11.2. The second kappa shape index (κ2) is 8.90. The van der Waals surface area contributed by atoms with E-state index in [0.717, 1.165) is 0 Å². The number of carboxylic acids is 1. The Hall–Kier alpha value is -3.84. The lowest BCUT2D eigenvalue weighted by atomic mass is 9.78. The summed E-state index contributed by atoms with van der Waals surface area (Å²) in [5.74, 6) is -2.42. The molecule has 0 amide bonds. The van der Waals surface area contributed by atoms with Crippen LogP contribution in [0.5, 0.6) is 0 Å². The number of rotatable bonds is 9. The number of ether oxygens (including phenoxy) is 1. The lowest BCUT2D eigenvalue weighted by Gasteiger charge is -2.26. The zero-order valence-corrected chi connectivity index (χ0v) is 15.7. The molecular weight excluding hydrogens is 384 g/mol. The zero-order chi connectivity index (χ0) is 21.6. The van der Waals surface area contributed by atoms with Crippen molar-refractivity contribution >= 4 is 35.7 Å². The average Bonchev–Trinajstić information content (AvgIpc) is 2.60. The fourth-order valence-corrected chi connectivity index (χ4v) is 2.69. The molecule has 0 atom stereocenters. The molecule has 2 heterocycles. The van der Waals surface area contributed by atoms with E-state index in [1.54, 1.807) is 6.92 Å². The van der Waals surface area contributed by atoms with Gasteiger partial charge in [-0.05, 0) is 19.8 Å². The fraction of sp³-hybridized carbons (Fsp3) is 0.467. The van der Waals surface area contributed by atoms with Crippen molar-refractivity contribution in [3.05, 3.63) is 11.6 Å². The highest BCUT2D eigenvalue weighted by Crippen LogP contribution is 2.32. The Morgan fingerprint density at radius 2 is 1.21 bits per heavy atom. The maximum Gasteiger partial charge on any atom is 0.323 e. The van der Waals surface area contributed by atoms with Crippen LogP contribution < -0.4 is 22.9 Å². The maximum absolute atomic E-state index is 12.6. The standard InChI is InChI=1S/C15H22N10O4/c1-2-29-10(28)15(9(26)27,5-3-7-20-11(16)24-12(17)21-7)6-4-8-22-13(18)25-14(19)23-8/h2-6H2,1H3,(H,26,27)(H4,16,17,20,21,24)(H4,18,19,22,23,25). The van der Waals surface area contributed by atoms with Gasteiger partial charge in [0.2, 0.25) is 23.8 Å². The quantitative estimate of drug-likeness (QED) is 0.237. The minimum absolute atomic E-state index is 0.00513. The number of carbonyl (C=O) groups is 2. The summed E-state index contributed by atoms with van der Waals surface area (Å²) < 4.78 is 5.02. The van der Waals surface area contributed by atoms with Gasteiger partial charge in [0.15, 0.2) is 5.41 Å². The van der Waals surface area contributed by atoms with Gasteiger partial charge in [0.25, 0.3) is 0 Å². The van der Waals surface area contributed by atoms with E-state index >= 15 is 0 Å². The van der Waals surface area contributed by atoms with Crippen molar-refractivity contribution in [3.63, 3.8) is 0 Å². The lowest BCUT2D eigenvalue weighted by molar-refractivity contribution is -0.169. The van der Waals surface area contributed by atoms with Gasteiger partial charge in [-0.2, -0.15) is 29.9 Å². The molecule has 2 aromatic rings. The van der Waals surface area contributed by atoms with Crippen LogP contribution in [0.15, 0.2) is 0 Å². The van der Waals surface area contributed by atoms with Gasteiger partial charge in [-0.15, -0.1) is 0 Å². The Labute approximate surface area is 165 Å². The predicted octanol–water partition coefficient (Wildman–Crippen LogP) is -1.42. The molecule has 29 heavy (non-hydrogen) atoms. The van der Waals surface area contributed by atoms with Crippen molar-refractivity contribution < 1.29 is 19.4 Å². The molecule has 2 rings (SSSR count). The minimum Gasteiger partial charge on any atom is -0.480 e. The van der Waals surface area contributed by atoms with Crippen LogP contribution in [0.1, 0.15) is 31.4 Å². The molecule has 0 aliphatic rings. The van der Waals surface area contributed by atoms with Crippen LogP contribution in [0.4, 0.5) is 23.8 Å². The van der Waals surface area contributed by atoms with E-state index in [2.05, 4.69) is 29.9 Å². The Kier molecular flexibility index (Phi) is 6.59. The number of aliphatic carboxylic acids is 1. The molecule has 0 fully saturated rings. The molecule has 0 bridgehead atoms. The third-order valence-electron chi connectivity index (χ3n) is 4.06. The van der Waals surface area contributed by atoms with Crippen LogP contribution in [0.3, 0.4) is 0 Å². The van der Waals surface area contributed by atoms with Gasteiger partial charge >= 0.3 is 11.9 Å². The number of hydrogen-bond donors (Lipinski definition) is 5. The van der Waals surface area contributed by atoms with Crippen molar-refractivity contribution in [1.29, 1.82) is 0 Å². The smallest absolute Gasteiger partial charge is 0.323 e. The summed E-state index contributed by atoms with van der Waals surface area (Å²) >= 11 is 0. The number of aromatic nitrogens is 6. The van der Waals surface area contributed by atoms with Crippen LogP contribution in [-0.2, 0) is 27.2 Å². The van der Waals surface area contributed by atoms with E-state index in [9.17, 15) is 14.7 Å². The van der Waals surface area contributed by atoms with E-state index in [1.165, 1.54) is 0 Å². The fourth-order valence-electron chi connectivity index (χ4n) is 2.69. The first kappa shape index (κ1) is 21.5. The van der Waals surface area contributed by atoms with E-state index in [4.69, 9.17) is 27.7 Å². The first-order chi connectivity index (χ1) is 13.7. The highest BCUT2D eigenvalue weighted by atomic mass is 16.5. The summed E-state index contributed by atoms with van der Waals surface area (Å²) in [4.78, 5) is 47.7. The second-order valence-electron chi connectivity index (χ2n) is 6.04. The average molecular weight is 406 g/mol. The van der Waals surface area contributed by atoms with Crippen LogP contribution in [0.25, 0.3) is 0 Å². The third-order valence-corrected chi connectivity index (χ3v) is 4.06. The maximum atomic E-state index is 12.6. The monoisotopic (exact) mass is 406 g/mol. The number of nitrogens with two attached hydrogens (primary N) is 4. The molecule has 0 spiro atoms. The highest BCUT2D eigenvalue weighted by molar-refractivity contribution is 5.99. The Balaban J connectivity index is 2.30. The van der Waals surface area contributed by atoms with Crippen molar-refractivity contribution in [2.45, 2.75) is 32.6 Å². The highest BCUT2D eigenvalue weighted by Gasteiger charge is 2.47. The molecule has 156 valence electrons. The Morgan fingerprint density at radius 1 is 0.828 bits per heavy atom. The number of carbonyl (C=O) groups excluding carboxylic acids is 1. The molecule has 0 radical (unpaired) electrons. The molecule has 0 saturated heterocycles. The van der Waals surface area contributed by atoms with Gasteiger partial charge in [0, 0.05) is 12.8 Å². The number of aryl methyl sites for hydroxylation is 2. The predicted molar refractivity (Wildman–Crippen MR) is 101 cm³/mol. The van der Waals surface area contributed by atoms with Gasteiger partial charge in [-0.1, -0.05) is 0 Å². The Bertz CT molecular complexity index is 811. The molecule has 0 saturated carbocycles. The molecule has 0 unspecified atom stereocenters. The Morgan fingerprint density at radius 3 is 1.52 bits per heavy atom. The summed E-state index contributed by atoms with van der Waals surface area (Å²) in [5.41, 5.74) is 20.2. The topological polar surface area (TPSA) is 245 Å². The van der Waals surface area contributed by atoms with Gasteiger partial charge in [-0.3, -0.25) is 9.59 Å². The van der Waals surface area contributed by atoms with Gasteiger partial charge in [-0.25, -0.2) is 0 Å². The molecule has 14 heteroatoms. The van der Waals surface area contributed by atoms with Crippen molar-refractivity contribution in [2.24, 2.45) is 5.41 Å². The van der Waals surface area contributed by atoms with E-state index in [0.29, 0.717) is 0 Å². The number of carboxylic acid groups (broad SMARTS) is 1. The number of nitrogens with zero attached hydrogens (tertiary/aromatic N) is 6.